The summed E-state index contributed by atoms with van der Waals surface area (Å²) in [7, 11) is 0. The summed E-state index contributed by atoms with van der Waals surface area (Å²) >= 11 is 0. The number of hydrazine groups is 1. The molecule has 1 atom stereocenters. The summed E-state index contributed by atoms with van der Waals surface area (Å²) in [6.45, 7) is 4.02. The van der Waals surface area contributed by atoms with Crippen molar-refractivity contribution in [3.63, 3.8) is 0 Å². The molecule has 3 N–H and O–H groups in total. The van der Waals surface area contributed by atoms with Gasteiger partial charge in [-0.25, -0.2) is 8.78 Å². The van der Waals surface area contributed by atoms with Crippen LogP contribution in [0.25, 0.3) is 0 Å². The smallest absolute Gasteiger partial charge is 0.123 e. The summed E-state index contributed by atoms with van der Waals surface area (Å²) in [4.78, 5) is 0. The minimum Gasteiger partial charge on any atom is -0.271 e. The molecule has 0 saturated heterocycles. The average Bonchev–Trinajstić information content (AvgIpc) is 2.42. The molecule has 106 valence electrons. The highest BCUT2D eigenvalue weighted by Crippen LogP contribution is 2.36. The Morgan fingerprint density at radius 1 is 0.900 bits per heavy atom. The number of rotatable bonds is 4. The van der Waals surface area contributed by atoms with E-state index in [0.29, 0.717) is 0 Å². The van der Waals surface area contributed by atoms with Crippen LogP contribution in [-0.2, 0) is 5.41 Å². The van der Waals surface area contributed by atoms with Gasteiger partial charge in [0.05, 0.1) is 6.04 Å². The maximum absolute atomic E-state index is 13.0. The fourth-order valence-electron chi connectivity index (χ4n) is 2.42. The third-order valence-corrected chi connectivity index (χ3v) is 3.68. The quantitative estimate of drug-likeness (QED) is 0.663. The van der Waals surface area contributed by atoms with Gasteiger partial charge in [0, 0.05) is 5.41 Å². The van der Waals surface area contributed by atoms with Crippen LogP contribution in [-0.4, -0.2) is 0 Å². The minimum absolute atomic E-state index is 0.214. The zero-order valence-electron chi connectivity index (χ0n) is 11.5. The number of nitrogens with one attached hydrogen (secondary N) is 1. The second-order valence-corrected chi connectivity index (χ2v) is 5.38. The first-order valence-corrected chi connectivity index (χ1v) is 6.43. The van der Waals surface area contributed by atoms with Gasteiger partial charge in [-0.2, -0.15) is 0 Å². The normalized spacial score (nSPS) is 13.2. The van der Waals surface area contributed by atoms with E-state index >= 15 is 0 Å². The highest BCUT2D eigenvalue weighted by atomic mass is 19.1. The van der Waals surface area contributed by atoms with Gasteiger partial charge in [-0.05, 0) is 35.4 Å². The molecule has 2 rings (SSSR count). The summed E-state index contributed by atoms with van der Waals surface area (Å²) in [5.74, 6) is 5.12. The topological polar surface area (TPSA) is 38.0 Å². The number of benzene rings is 2. The predicted molar refractivity (Wildman–Crippen MR) is 75.9 cm³/mol. The summed E-state index contributed by atoms with van der Waals surface area (Å²) in [5.41, 5.74) is 4.23. The van der Waals surface area contributed by atoms with Gasteiger partial charge in [-0.1, -0.05) is 38.1 Å². The lowest BCUT2D eigenvalue weighted by atomic mass is 9.75. The van der Waals surface area contributed by atoms with Crippen LogP contribution in [0.3, 0.4) is 0 Å². The van der Waals surface area contributed by atoms with Crippen molar-refractivity contribution >= 4 is 0 Å². The van der Waals surface area contributed by atoms with Crippen molar-refractivity contribution in [1.29, 1.82) is 0 Å². The number of halogens is 2. The molecular formula is C16H18F2N2. The summed E-state index contributed by atoms with van der Waals surface area (Å²) < 4.78 is 26.1. The SMILES string of the molecule is CC(C)(c1ccc(F)cc1)C(NN)c1ccc(F)cc1. The highest BCUT2D eigenvalue weighted by Gasteiger charge is 2.31. The van der Waals surface area contributed by atoms with Crippen LogP contribution in [0.2, 0.25) is 0 Å². The van der Waals surface area contributed by atoms with Crippen LogP contribution in [0.4, 0.5) is 8.78 Å². The van der Waals surface area contributed by atoms with Crippen LogP contribution in [0, 0.1) is 11.6 Å². The standard InChI is InChI=1S/C16H18F2N2/c1-16(2,12-5-9-14(18)10-6-12)15(20-19)11-3-7-13(17)8-4-11/h3-10,15,20H,19H2,1-2H3. The van der Waals surface area contributed by atoms with Crippen LogP contribution in [0.15, 0.2) is 48.5 Å². The molecule has 0 spiro atoms. The highest BCUT2D eigenvalue weighted by molar-refractivity contribution is 5.32. The van der Waals surface area contributed by atoms with Crippen molar-refractivity contribution in [3.8, 4) is 0 Å². The molecule has 0 fully saturated rings. The molecule has 0 bridgehead atoms. The zero-order valence-corrected chi connectivity index (χ0v) is 11.5. The van der Waals surface area contributed by atoms with Crippen molar-refractivity contribution in [3.05, 3.63) is 71.3 Å². The fourth-order valence-corrected chi connectivity index (χ4v) is 2.42. The molecule has 1 unspecified atom stereocenters. The van der Waals surface area contributed by atoms with E-state index < -0.39 is 0 Å². The van der Waals surface area contributed by atoms with Crippen molar-refractivity contribution in [2.24, 2.45) is 5.84 Å². The van der Waals surface area contributed by atoms with E-state index in [4.69, 9.17) is 5.84 Å². The summed E-state index contributed by atoms with van der Waals surface area (Å²) in [6.07, 6.45) is 0. The van der Waals surface area contributed by atoms with Gasteiger partial charge in [0.25, 0.3) is 0 Å². The van der Waals surface area contributed by atoms with Crippen molar-refractivity contribution in [2.75, 3.05) is 0 Å². The van der Waals surface area contributed by atoms with E-state index in [1.807, 2.05) is 13.8 Å². The molecule has 0 amide bonds. The summed E-state index contributed by atoms with van der Waals surface area (Å²) in [5, 5.41) is 0. The lowest BCUT2D eigenvalue weighted by Crippen LogP contribution is -2.41. The van der Waals surface area contributed by atoms with E-state index in [9.17, 15) is 8.78 Å². The number of hydrogen-bond acceptors (Lipinski definition) is 2. The molecule has 2 nitrogen and oxygen atoms in total. The maximum Gasteiger partial charge on any atom is 0.123 e. The third kappa shape index (κ3) is 2.86. The zero-order chi connectivity index (χ0) is 14.8. The molecule has 0 saturated carbocycles. The molecule has 0 aliphatic rings. The lowest BCUT2D eigenvalue weighted by molar-refractivity contribution is 0.352. The molecule has 4 heteroatoms. The van der Waals surface area contributed by atoms with Crippen LogP contribution in [0.5, 0.6) is 0 Å². The monoisotopic (exact) mass is 276 g/mol. The Labute approximate surface area is 117 Å². The van der Waals surface area contributed by atoms with E-state index in [0.717, 1.165) is 11.1 Å². The van der Waals surface area contributed by atoms with E-state index in [2.05, 4.69) is 5.43 Å². The van der Waals surface area contributed by atoms with Gasteiger partial charge in [0.2, 0.25) is 0 Å². The predicted octanol–water partition coefficient (Wildman–Crippen LogP) is 3.45. The van der Waals surface area contributed by atoms with Gasteiger partial charge in [-0.15, -0.1) is 0 Å². The van der Waals surface area contributed by atoms with Gasteiger partial charge >= 0.3 is 0 Å². The van der Waals surface area contributed by atoms with Crippen molar-refractivity contribution in [1.82, 2.24) is 5.43 Å². The molecule has 0 radical (unpaired) electrons. The number of hydrogen-bond donors (Lipinski definition) is 2. The molecule has 0 aromatic heterocycles. The Hall–Kier alpha value is -1.78. The van der Waals surface area contributed by atoms with Gasteiger partial charge in [0.15, 0.2) is 0 Å². The maximum atomic E-state index is 13.0. The summed E-state index contributed by atoms with van der Waals surface area (Å²) in [6, 6.07) is 12.3. The molecule has 20 heavy (non-hydrogen) atoms. The second-order valence-electron chi connectivity index (χ2n) is 5.38. The lowest BCUT2D eigenvalue weighted by Gasteiger charge is -2.35. The van der Waals surface area contributed by atoms with Crippen LogP contribution in [0.1, 0.15) is 31.0 Å². The molecule has 0 aliphatic heterocycles. The Kier molecular flexibility index (Phi) is 4.16. The van der Waals surface area contributed by atoms with Gasteiger partial charge in [0.1, 0.15) is 11.6 Å². The van der Waals surface area contributed by atoms with E-state index in [-0.39, 0.29) is 23.1 Å². The first-order chi connectivity index (χ1) is 9.45. The van der Waals surface area contributed by atoms with Crippen molar-refractivity contribution < 1.29 is 8.78 Å². The Morgan fingerprint density at radius 2 is 1.35 bits per heavy atom. The fraction of sp³-hybridized carbons (Fsp3) is 0.250. The Balaban J connectivity index is 2.38. The molecule has 2 aromatic carbocycles. The largest absolute Gasteiger partial charge is 0.271 e. The Bertz CT molecular complexity index is 562. The molecular weight excluding hydrogens is 258 g/mol. The molecule has 2 aromatic rings. The van der Waals surface area contributed by atoms with E-state index in [1.165, 1.54) is 24.3 Å². The van der Waals surface area contributed by atoms with Crippen LogP contribution < -0.4 is 11.3 Å². The minimum atomic E-state index is -0.375. The van der Waals surface area contributed by atoms with Gasteiger partial charge < -0.3 is 0 Å². The second kappa shape index (κ2) is 5.69. The first-order valence-electron chi connectivity index (χ1n) is 6.43. The van der Waals surface area contributed by atoms with Crippen molar-refractivity contribution in [2.45, 2.75) is 25.3 Å². The molecule has 0 aliphatic carbocycles. The first kappa shape index (κ1) is 14.6. The van der Waals surface area contributed by atoms with E-state index in [1.54, 1.807) is 24.3 Å². The number of nitrogens with two attached hydrogens (primary N) is 1. The Morgan fingerprint density at radius 3 is 1.80 bits per heavy atom. The van der Waals surface area contributed by atoms with Gasteiger partial charge in [-0.3, -0.25) is 11.3 Å². The third-order valence-electron chi connectivity index (χ3n) is 3.68. The molecule has 0 heterocycles. The van der Waals surface area contributed by atoms with Crippen LogP contribution >= 0.6 is 0 Å². The average molecular weight is 276 g/mol.